The normalized spacial score (nSPS) is 19.4. The second-order valence-electron chi connectivity index (χ2n) is 9.26. The molecule has 0 aromatic heterocycles. The van der Waals surface area contributed by atoms with Crippen molar-refractivity contribution < 1.29 is 5.11 Å². The molecule has 0 bridgehead atoms. The fraction of sp³-hybridized carbons (Fsp3) is 0.769. The minimum Gasteiger partial charge on any atom is -0.508 e. The Morgan fingerprint density at radius 2 is 1.26 bits per heavy atom. The molecule has 2 fully saturated rings. The first-order valence-corrected chi connectivity index (χ1v) is 12.2. The zero-order valence-electron chi connectivity index (χ0n) is 17.8. The van der Waals surface area contributed by atoms with Gasteiger partial charge in [-0.25, -0.2) is 0 Å². The van der Waals surface area contributed by atoms with Gasteiger partial charge in [0.2, 0.25) is 0 Å². The number of phenolic OH excluding ortho intramolecular Hbond substituents is 1. The van der Waals surface area contributed by atoms with Crippen LogP contribution in [0.15, 0.2) is 12.1 Å². The van der Waals surface area contributed by atoms with Crippen LogP contribution in [0, 0.1) is 0 Å². The van der Waals surface area contributed by atoms with E-state index in [2.05, 4.69) is 13.0 Å². The highest BCUT2D eigenvalue weighted by Crippen LogP contribution is 2.46. The molecule has 27 heavy (non-hydrogen) atoms. The summed E-state index contributed by atoms with van der Waals surface area (Å²) in [7, 11) is 0. The van der Waals surface area contributed by atoms with Gasteiger partial charge in [-0.3, -0.25) is 0 Å². The minimum atomic E-state index is 0.606. The summed E-state index contributed by atoms with van der Waals surface area (Å²) in [6.45, 7) is 2.29. The van der Waals surface area contributed by atoms with Gasteiger partial charge < -0.3 is 5.11 Å². The highest BCUT2D eigenvalue weighted by Gasteiger charge is 2.28. The van der Waals surface area contributed by atoms with Crippen LogP contribution in [0.1, 0.15) is 138 Å². The Morgan fingerprint density at radius 1 is 0.704 bits per heavy atom. The van der Waals surface area contributed by atoms with Crippen molar-refractivity contribution in [2.45, 2.75) is 128 Å². The Labute approximate surface area is 168 Å². The first-order chi connectivity index (χ1) is 13.3. The summed E-state index contributed by atoms with van der Waals surface area (Å²) in [5.41, 5.74) is 4.57. The van der Waals surface area contributed by atoms with Gasteiger partial charge in [-0.15, -0.1) is 0 Å². The average molecular weight is 371 g/mol. The Bertz CT molecular complexity index is 550. The number of aromatic hydroxyl groups is 1. The van der Waals surface area contributed by atoms with Crippen LogP contribution in [0.3, 0.4) is 0 Å². The molecule has 0 aliphatic heterocycles. The van der Waals surface area contributed by atoms with E-state index in [0.29, 0.717) is 17.6 Å². The molecule has 0 heterocycles. The number of aryl methyl sites for hydroxylation is 1. The minimum absolute atomic E-state index is 0.606. The molecule has 3 rings (SSSR count). The third-order valence-corrected chi connectivity index (χ3v) is 7.18. The van der Waals surface area contributed by atoms with Crippen molar-refractivity contribution >= 4 is 0 Å². The van der Waals surface area contributed by atoms with E-state index in [4.69, 9.17) is 0 Å². The topological polar surface area (TPSA) is 20.2 Å². The summed E-state index contributed by atoms with van der Waals surface area (Å²) in [4.78, 5) is 0. The Hall–Kier alpha value is -0.980. The quantitative estimate of drug-likeness (QED) is 0.433. The third kappa shape index (κ3) is 5.75. The third-order valence-electron chi connectivity index (χ3n) is 7.18. The summed E-state index contributed by atoms with van der Waals surface area (Å²) in [6, 6.07) is 4.31. The lowest BCUT2D eigenvalue weighted by atomic mass is 9.73. The van der Waals surface area contributed by atoms with Crippen LogP contribution < -0.4 is 0 Å². The van der Waals surface area contributed by atoms with Crippen molar-refractivity contribution in [1.29, 1.82) is 0 Å². The first kappa shape index (κ1) is 20.7. The molecule has 1 aromatic carbocycles. The van der Waals surface area contributed by atoms with Gasteiger partial charge in [-0.2, -0.15) is 0 Å². The van der Waals surface area contributed by atoms with E-state index in [1.54, 1.807) is 11.1 Å². The van der Waals surface area contributed by atoms with E-state index in [1.165, 1.54) is 115 Å². The molecule has 152 valence electrons. The number of hydrogen-bond acceptors (Lipinski definition) is 1. The summed E-state index contributed by atoms with van der Waals surface area (Å²) in [6.07, 6.45) is 22.9. The van der Waals surface area contributed by atoms with Crippen molar-refractivity contribution in [2.24, 2.45) is 0 Å². The number of hydrogen-bond donors (Lipinski definition) is 1. The van der Waals surface area contributed by atoms with Crippen molar-refractivity contribution in [1.82, 2.24) is 0 Å². The van der Waals surface area contributed by atoms with Gasteiger partial charge in [-0.05, 0) is 67.6 Å². The number of benzene rings is 1. The molecule has 0 radical (unpaired) electrons. The van der Waals surface area contributed by atoms with Crippen LogP contribution in [0.4, 0.5) is 0 Å². The van der Waals surface area contributed by atoms with Crippen LogP contribution in [0.2, 0.25) is 0 Å². The predicted molar refractivity (Wildman–Crippen MR) is 117 cm³/mol. The standard InChI is InChI=1S/C26H42O/c1-2-3-4-5-6-9-18-23-19-20-24(27)26(22-16-12-8-13-17-22)25(23)21-14-10-7-11-15-21/h19-22,27H,2-18H2,1H3. The van der Waals surface area contributed by atoms with Crippen LogP contribution in [0.25, 0.3) is 0 Å². The van der Waals surface area contributed by atoms with Gasteiger partial charge in [0.25, 0.3) is 0 Å². The zero-order chi connectivity index (χ0) is 18.9. The number of phenols is 1. The van der Waals surface area contributed by atoms with E-state index >= 15 is 0 Å². The second-order valence-corrected chi connectivity index (χ2v) is 9.26. The molecule has 0 atom stereocenters. The maximum absolute atomic E-state index is 10.9. The summed E-state index contributed by atoms with van der Waals surface area (Å²) in [5.74, 6) is 1.92. The fourth-order valence-corrected chi connectivity index (χ4v) is 5.68. The van der Waals surface area contributed by atoms with Crippen molar-refractivity contribution in [3.05, 3.63) is 28.8 Å². The van der Waals surface area contributed by atoms with E-state index in [9.17, 15) is 5.11 Å². The lowest BCUT2D eigenvalue weighted by molar-refractivity contribution is 0.395. The van der Waals surface area contributed by atoms with Crippen molar-refractivity contribution in [3.63, 3.8) is 0 Å². The molecule has 1 N–H and O–H groups in total. The highest BCUT2D eigenvalue weighted by atomic mass is 16.3. The van der Waals surface area contributed by atoms with Crippen LogP contribution >= 0.6 is 0 Å². The first-order valence-electron chi connectivity index (χ1n) is 12.2. The van der Waals surface area contributed by atoms with Gasteiger partial charge in [-0.1, -0.05) is 83.6 Å². The predicted octanol–water partition coefficient (Wildman–Crippen LogP) is 8.39. The summed E-state index contributed by atoms with van der Waals surface area (Å²) >= 11 is 0. The molecule has 2 saturated carbocycles. The van der Waals surface area contributed by atoms with E-state index in [1.807, 2.05) is 6.07 Å². The van der Waals surface area contributed by atoms with Crippen molar-refractivity contribution in [2.75, 3.05) is 0 Å². The van der Waals surface area contributed by atoms with Gasteiger partial charge >= 0.3 is 0 Å². The number of unbranched alkanes of at least 4 members (excludes halogenated alkanes) is 5. The van der Waals surface area contributed by atoms with Gasteiger partial charge in [0.1, 0.15) is 5.75 Å². The van der Waals surface area contributed by atoms with Gasteiger partial charge in [0.05, 0.1) is 0 Å². The Balaban J connectivity index is 1.78. The largest absolute Gasteiger partial charge is 0.508 e. The van der Waals surface area contributed by atoms with Crippen LogP contribution in [-0.4, -0.2) is 5.11 Å². The molecular formula is C26H42O. The van der Waals surface area contributed by atoms with Crippen LogP contribution in [0.5, 0.6) is 5.75 Å². The summed E-state index contributed by atoms with van der Waals surface area (Å²) < 4.78 is 0. The smallest absolute Gasteiger partial charge is 0.119 e. The maximum Gasteiger partial charge on any atom is 0.119 e. The molecule has 2 aliphatic rings. The molecule has 1 aromatic rings. The maximum atomic E-state index is 10.9. The van der Waals surface area contributed by atoms with Gasteiger partial charge in [0.15, 0.2) is 0 Å². The van der Waals surface area contributed by atoms with E-state index in [0.717, 1.165) is 0 Å². The molecule has 0 spiro atoms. The fourth-order valence-electron chi connectivity index (χ4n) is 5.68. The lowest BCUT2D eigenvalue weighted by Crippen LogP contribution is -2.15. The highest BCUT2D eigenvalue weighted by molar-refractivity contribution is 5.49. The molecule has 0 amide bonds. The molecule has 1 nitrogen and oxygen atoms in total. The molecular weight excluding hydrogens is 328 g/mol. The molecule has 2 aliphatic carbocycles. The SMILES string of the molecule is CCCCCCCCc1ccc(O)c(C2CCCCC2)c1C1CCCCC1. The van der Waals surface area contributed by atoms with E-state index < -0.39 is 0 Å². The Kier molecular flexibility index (Phi) is 8.55. The lowest BCUT2D eigenvalue weighted by Gasteiger charge is -2.32. The summed E-state index contributed by atoms with van der Waals surface area (Å²) in [5, 5.41) is 10.9. The molecule has 0 unspecified atom stereocenters. The average Bonchev–Trinajstić information content (AvgIpc) is 2.72. The number of rotatable bonds is 9. The molecule has 1 heteroatoms. The van der Waals surface area contributed by atoms with Crippen molar-refractivity contribution in [3.8, 4) is 5.75 Å². The Morgan fingerprint density at radius 3 is 1.89 bits per heavy atom. The van der Waals surface area contributed by atoms with E-state index in [-0.39, 0.29) is 0 Å². The monoisotopic (exact) mass is 370 g/mol. The zero-order valence-corrected chi connectivity index (χ0v) is 17.8. The van der Waals surface area contributed by atoms with Gasteiger partial charge in [0, 0.05) is 5.56 Å². The van der Waals surface area contributed by atoms with Crippen LogP contribution in [-0.2, 0) is 6.42 Å². The molecule has 0 saturated heterocycles. The second kappa shape index (κ2) is 11.1.